The molecule has 0 saturated heterocycles. The van der Waals surface area contributed by atoms with Gasteiger partial charge in [0.1, 0.15) is 17.9 Å². The summed E-state index contributed by atoms with van der Waals surface area (Å²) in [7, 11) is 1.95. The highest BCUT2D eigenvalue weighted by molar-refractivity contribution is 5.38. The van der Waals surface area contributed by atoms with Crippen molar-refractivity contribution in [2.24, 2.45) is 7.05 Å². The molecule has 0 aliphatic carbocycles. The number of hydrogen-bond donors (Lipinski definition) is 1. The van der Waals surface area contributed by atoms with Gasteiger partial charge in [-0.15, -0.1) is 0 Å². The number of rotatable bonds is 5. The van der Waals surface area contributed by atoms with Gasteiger partial charge < -0.3 is 10.1 Å². The molecule has 1 aliphatic rings. The number of para-hydroxylation sites is 1. The van der Waals surface area contributed by atoms with Gasteiger partial charge >= 0.3 is 0 Å². The Labute approximate surface area is 125 Å². The number of likely N-dealkylation sites (N-methyl/N-ethyl adjacent to an activating group) is 1. The number of ether oxygens (including phenoxy) is 1. The Balaban J connectivity index is 1.86. The third kappa shape index (κ3) is 2.93. The van der Waals surface area contributed by atoms with Crippen molar-refractivity contribution in [3.8, 4) is 5.75 Å². The standard InChI is InChI=1S/C16H22N4O/c1-3-17-14(10-16-18-11-19-20(16)2)12-8-9-21-15-7-5-4-6-13(12)15/h4-7,11-12,14,17H,3,8-10H2,1-2H3. The zero-order chi connectivity index (χ0) is 14.7. The fourth-order valence-corrected chi connectivity index (χ4v) is 3.11. The molecule has 21 heavy (non-hydrogen) atoms. The van der Waals surface area contributed by atoms with E-state index in [-0.39, 0.29) is 0 Å². The quantitative estimate of drug-likeness (QED) is 0.912. The van der Waals surface area contributed by atoms with Crippen molar-refractivity contribution in [1.82, 2.24) is 20.1 Å². The SMILES string of the molecule is CCNC(Cc1ncnn1C)C1CCOc2ccccc21. The van der Waals surface area contributed by atoms with Crippen LogP contribution >= 0.6 is 0 Å². The topological polar surface area (TPSA) is 52.0 Å². The lowest BCUT2D eigenvalue weighted by Gasteiger charge is -2.32. The minimum Gasteiger partial charge on any atom is -0.493 e. The fourth-order valence-electron chi connectivity index (χ4n) is 3.11. The Morgan fingerprint density at radius 3 is 3.05 bits per heavy atom. The van der Waals surface area contributed by atoms with E-state index < -0.39 is 0 Å². The second kappa shape index (κ2) is 6.26. The van der Waals surface area contributed by atoms with E-state index in [4.69, 9.17) is 4.74 Å². The zero-order valence-electron chi connectivity index (χ0n) is 12.6. The number of fused-ring (bicyclic) bond motifs is 1. The van der Waals surface area contributed by atoms with Crippen LogP contribution < -0.4 is 10.1 Å². The maximum Gasteiger partial charge on any atom is 0.138 e. The van der Waals surface area contributed by atoms with Gasteiger partial charge in [-0.2, -0.15) is 5.10 Å². The van der Waals surface area contributed by atoms with Crippen molar-refractivity contribution in [2.45, 2.75) is 31.7 Å². The van der Waals surface area contributed by atoms with E-state index in [2.05, 4.69) is 40.5 Å². The van der Waals surface area contributed by atoms with Crippen molar-refractivity contribution in [3.05, 3.63) is 42.0 Å². The summed E-state index contributed by atoms with van der Waals surface area (Å²) < 4.78 is 7.64. The Morgan fingerprint density at radius 1 is 1.43 bits per heavy atom. The maximum absolute atomic E-state index is 5.78. The van der Waals surface area contributed by atoms with Crippen LogP contribution in [0.1, 0.15) is 30.7 Å². The molecule has 2 heterocycles. The molecule has 1 aromatic carbocycles. The molecule has 1 N–H and O–H groups in total. The summed E-state index contributed by atoms with van der Waals surface area (Å²) in [5, 5.41) is 7.79. The zero-order valence-corrected chi connectivity index (χ0v) is 12.6. The lowest BCUT2D eigenvalue weighted by Crippen LogP contribution is -2.39. The number of hydrogen-bond acceptors (Lipinski definition) is 4. The van der Waals surface area contributed by atoms with Crippen LogP contribution in [0.5, 0.6) is 5.75 Å². The van der Waals surface area contributed by atoms with Crippen molar-refractivity contribution < 1.29 is 4.74 Å². The minimum absolute atomic E-state index is 0.350. The van der Waals surface area contributed by atoms with Crippen LogP contribution in [0.4, 0.5) is 0 Å². The third-order valence-corrected chi connectivity index (χ3v) is 4.16. The Morgan fingerprint density at radius 2 is 2.29 bits per heavy atom. The highest BCUT2D eigenvalue weighted by Crippen LogP contribution is 2.36. The summed E-state index contributed by atoms with van der Waals surface area (Å²) in [6.07, 6.45) is 3.53. The van der Waals surface area contributed by atoms with Crippen LogP contribution in [0.2, 0.25) is 0 Å². The van der Waals surface area contributed by atoms with Crippen LogP contribution in [-0.2, 0) is 13.5 Å². The van der Waals surface area contributed by atoms with E-state index in [1.807, 2.05) is 17.8 Å². The van der Waals surface area contributed by atoms with Gasteiger partial charge in [-0.25, -0.2) is 4.98 Å². The second-order valence-corrected chi connectivity index (χ2v) is 5.45. The summed E-state index contributed by atoms with van der Waals surface area (Å²) in [4.78, 5) is 4.37. The Kier molecular flexibility index (Phi) is 4.20. The number of benzene rings is 1. The summed E-state index contributed by atoms with van der Waals surface area (Å²) in [6.45, 7) is 3.87. The lowest BCUT2D eigenvalue weighted by atomic mass is 9.85. The summed E-state index contributed by atoms with van der Waals surface area (Å²) in [5.74, 6) is 2.49. The van der Waals surface area contributed by atoms with Gasteiger partial charge in [0.05, 0.1) is 6.61 Å². The normalized spacial score (nSPS) is 18.9. The smallest absolute Gasteiger partial charge is 0.138 e. The molecule has 0 fully saturated rings. The second-order valence-electron chi connectivity index (χ2n) is 5.45. The van der Waals surface area contributed by atoms with Crippen LogP contribution in [0, 0.1) is 0 Å². The molecule has 0 amide bonds. The van der Waals surface area contributed by atoms with Gasteiger partial charge in [0.25, 0.3) is 0 Å². The molecule has 3 rings (SSSR count). The van der Waals surface area contributed by atoms with Gasteiger partial charge in [0.2, 0.25) is 0 Å². The molecule has 2 atom stereocenters. The summed E-state index contributed by atoms with van der Waals surface area (Å²) >= 11 is 0. The van der Waals surface area contributed by atoms with E-state index in [1.165, 1.54) is 5.56 Å². The molecular formula is C16H22N4O. The predicted molar refractivity (Wildman–Crippen MR) is 81.5 cm³/mol. The number of nitrogens with zero attached hydrogens (tertiary/aromatic N) is 3. The van der Waals surface area contributed by atoms with Crippen molar-refractivity contribution in [3.63, 3.8) is 0 Å². The van der Waals surface area contributed by atoms with Crippen molar-refractivity contribution >= 4 is 0 Å². The summed E-state index contributed by atoms with van der Waals surface area (Å²) in [5.41, 5.74) is 1.30. The first kappa shape index (κ1) is 14.1. The lowest BCUT2D eigenvalue weighted by molar-refractivity contribution is 0.244. The van der Waals surface area contributed by atoms with Crippen LogP contribution in [0.3, 0.4) is 0 Å². The first-order valence-corrected chi connectivity index (χ1v) is 7.57. The highest BCUT2D eigenvalue weighted by atomic mass is 16.5. The molecule has 5 heteroatoms. The molecule has 2 aromatic rings. The van der Waals surface area contributed by atoms with E-state index in [0.29, 0.717) is 12.0 Å². The predicted octanol–water partition coefficient (Wildman–Crippen LogP) is 1.90. The van der Waals surface area contributed by atoms with Crippen molar-refractivity contribution in [2.75, 3.05) is 13.2 Å². The first-order chi connectivity index (χ1) is 10.3. The minimum atomic E-state index is 0.350. The van der Waals surface area contributed by atoms with Gasteiger partial charge in [0.15, 0.2) is 0 Å². The molecule has 0 saturated carbocycles. The molecule has 0 spiro atoms. The van der Waals surface area contributed by atoms with E-state index >= 15 is 0 Å². The number of aryl methyl sites for hydroxylation is 1. The van der Waals surface area contributed by atoms with E-state index in [1.54, 1.807) is 6.33 Å². The average Bonchev–Trinajstić information content (AvgIpc) is 2.91. The summed E-state index contributed by atoms with van der Waals surface area (Å²) in [6, 6.07) is 8.72. The fraction of sp³-hybridized carbons (Fsp3) is 0.500. The van der Waals surface area contributed by atoms with Crippen LogP contribution in [0.15, 0.2) is 30.6 Å². The van der Waals surface area contributed by atoms with Crippen LogP contribution in [-0.4, -0.2) is 34.0 Å². The van der Waals surface area contributed by atoms with Crippen molar-refractivity contribution in [1.29, 1.82) is 0 Å². The van der Waals surface area contributed by atoms with Gasteiger partial charge in [-0.05, 0) is 24.6 Å². The Bertz CT molecular complexity index is 595. The van der Waals surface area contributed by atoms with Gasteiger partial charge in [-0.1, -0.05) is 25.1 Å². The molecule has 1 aliphatic heterocycles. The van der Waals surface area contributed by atoms with E-state index in [9.17, 15) is 0 Å². The molecule has 1 aromatic heterocycles. The number of nitrogens with one attached hydrogen (secondary N) is 1. The highest BCUT2D eigenvalue weighted by Gasteiger charge is 2.29. The molecule has 0 bridgehead atoms. The molecular weight excluding hydrogens is 264 g/mol. The monoisotopic (exact) mass is 286 g/mol. The molecule has 0 radical (unpaired) electrons. The van der Waals surface area contributed by atoms with E-state index in [0.717, 1.165) is 37.6 Å². The number of aromatic nitrogens is 3. The molecule has 2 unspecified atom stereocenters. The molecule has 5 nitrogen and oxygen atoms in total. The first-order valence-electron chi connectivity index (χ1n) is 7.57. The Hall–Kier alpha value is -1.88. The maximum atomic E-state index is 5.78. The van der Waals surface area contributed by atoms with Crippen LogP contribution in [0.25, 0.3) is 0 Å². The third-order valence-electron chi connectivity index (χ3n) is 4.16. The van der Waals surface area contributed by atoms with Gasteiger partial charge in [0, 0.05) is 25.4 Å². The average molecular weight is 286 g/mol. The largest absolute Gasteiger partial charge is 0.493 e. The molecule has 112 valence electrons. The van der Waals surface area contributed by atoms with Gasteiger partial charge in [-0.3, -0.25) is 4.68 Å².